The number of hydrogen-bond donors (Lipinski definition) is 1. The molecule has 110 valence electrons. The zero-order valence-corrected chi connectivity index (χ0v) is 13.3. The van der Waals surface area contributed by atoms with Gasteiger partial charge in [-0.05, 0) is 36.6 Å². The third kappa shape index (κ3) is 4.76. The van der Waals surface area contributed by atoms with Crippen LogP contribution in [0.25, 0.3) is 0 Å². The van der Waals surface area contributed by atoms with Gasteiger partial charge in [-0.3, -0.25) is 4.79 Å². The van der Waals surface area contributed by atoms with Crippen molar-refractivity contribution in [1.29, 1.82) is 0 Å². The van der Waals surface area contributed by atoms with Crippen LogP contribution in [0.5, 0.6) is 0 Å². The number of halogens is 2. The first-order valence-electron chi connectivity index (χ1n) is 6.84. The van der Waals surface area contributed by atoms with Gasteiger partial charge in [-0.2, -0.15) is 0 Å². The van der Waals surface area contributed by atoms with Crippen LogP contribution >= 0.6 is 23.2 Å². The summed E-state index contributed by atoms with van der Waals surface area (Å²) in [4.78, 5) is 12.0. The highest BCUT2D eigenvalue weighted by Gasteiger charge is 2.09. The van der Waals surface area contributed by atoms with Crippen molar-refractivity contribution in [2.75, 3.05) is 0 Å². The SMILES string of the molecule is CC(NC(=O)CCc1ccc(Cl)c(Cl)c1)c1ccccc1. The molecular weight excluding hydrogens is 305 g/mol. The van der Waals surface area contributed by atoms with E-state index in [1.807, 2.05) is 43.3 Å². The number of nitrogens with one attached hydrogen (secondary N) is 1. The minimum absolute atomic E-state index is 0.00695. The topological polar surface area (TPSA) is 29.1 Å². The van der Waals surface area contributed by atoms with Gasteiger partial charge in [0.15, 0.2) is 0 Å². The second kappa shape index (κ2) is 7.48. The van der Waals surface area contributed by atoms with Crippen LogP contribution in [0.4, 0.5) is 0 Å². The van der Waals surface area contributed by atoms with Crippen LogP contribution in [0.3, 0.4) is 0 Å². The van der Waals surface area contributed by atoms with E-state index in [1.54, 1.807) is 12.1 Å². The molecule has 0 aromatic heterocycles. The molecule has 0 aliphatic heterocycles. The number of hydrogen-bond acceptors (Lipinski definition) is 1. The van der Waals surface area contributed by atoms with Crippen LogP contribution in [0.1, 0.15) is 30.5 Å². The Bertz CT molecular complexity index is 613. The molecule has 0 bridgehead atoms. The van der Waals surface area contributed by atoms with Gasteiger partial charge in [0.1, 0.15) is 0 Å². The Kier molecular flexibility index (Phi) is 5.66. The van der Waals surface area contributed by atoms with Crippen LogP contribution < -0.4 is 5.32 Å². The number of carbonyl (C=O) groups excluding carboxylic acids is 1. The molecule has 2 aromatic rings. The second-order valence-electron chi connectivity index (χ2n) is 4.95. The summed E-state index contributed by atoms with van der Waals surface area (Å²) >= 11 is 11.8. The predicted octanol–water partition coefficient (Wildman–Crippen LogP) is 4.80. The lowest BCUT2D eigenvalue weighted by atomic mass is 10.1. The van der Waals surface area contributed by atoms with Crippen LogP contribution in [-0.2, 0) is 11.2 Å². The fourth-order valence-electron chi connectivity index (χ4n) is 2.09. The Morgan fingerprint density at radius 3 is 2.48 bits per heavy atom. The Hall–Kier alpha value is -1.51. The van der Waals surface area contributed by atoms with Crippen molar-refractivity contribution in [2.24, 2.45) is 0 Å². The monoisotopic (exact) mass is 321 g/mol. The molecule has 4 heteroatoms. The zero-order valence-electron chi connectivity index (χ0n) is 11.8. The molecule has 0 aliphatic carbocycles. The molecule has 1 unspecified atom stereocenters. The highest BCUT2D eigenvalue weighted by atomic mass is 35.5. The average molecular weight is 322 g/mol. The van der Waals surface area contributed by atoms with E-state index in [4.69, 9.17) is 23.2 Å². The first-order valence-corrected chi connectivity index (χ1v) is 7.60. The van der Waals surface area contributed by atoms with Gasteiger partial charge in [-0.1, -0.05) is 59.6 Å². The lowest BCUT2D eigenvalue weighted by Gasteiger charge is -2.14. The molecule has 2 aromatic carbocycles. The van der Waals surface area contributed by atoms with E-state index in [1.165, 1.54) is 0 Å². The van der Waals surface area contributed by atoms with Crippen molar-refractivity contribution < 1.29 is 4.79 Å². The molecule has 0 fully saturated rings. The third-order valence-corrected chi connectivity index (χ3v) is 4.04. The van der Waals surface area contributed by atoms with Crippen molar-refractivity contribution in [3.63, 3.8) is 0 Å². The highest BCUT2D eigenvalue weighted by Crippen LogP contribution is 2.23. The van der Waals surface area contributed by atoms with E-state index >= 15 is 0 Å². The smallest absolute Gasteiger partial charge is 0.220 e. The molecule has 0 spiro atoms. The van der Waals surface area contributed by atoms with Crippen LogP contribution in [-0.4, -0.2) is 5.91 Å². The van der Waals surface area contributed by atoms with Gasteiger partial charge < -0.3 is 5.32 Å². The number of aryl methyl sites for hydroxylation is 1. The van der Waals surface area contributed by atoms with E-state index in [-0.39, 0.29) is 11.9 Å². The molecule has 0 saturated carbocycles. The number of carbonyl (C=O) groups is 1. The summed E-state index contributed by atoms with van der Waals surface area (Å²) in [6.07, 6.45) is 1.07. The van der Waals surface area contributed by atoms with Gasteiger partial charge in [-0.25, -0.2) is 0 Å². The molecule has 0 aliphatic rings. The highest BCUT2D eigenvalue weighted by molar-refractivity contribution is 6.42. The van der Waals surface area contributed by atoms with Gasteiger partial charge in [0.25, 0.3) is 0 Å². The van der Waals surface area contributed by atoms with Crippen molar-refractivity contribution in [3.05, 3.63) is 69.7 Å². The quantitative estimate of drug-likeness (QED) is 0.841. The molecule has 2 rings (SSSR count). The lowest BCUT2D eigenvalue weighted by Crippen LogP contribution is -2.26. The molecule has 0 heterocycles. The summed E-state index contributed by atoms with van der Waals surface area (Å²) in [6.45, 7) is 1.98. The minimum Gasteiger partial charge on any atom is -0.350 e. The maximum Gasteiger partial charge on any atom is 0.220 e. The predicted molar refractivity (Wildman–Crippen MR) is 87.8 cm³/mol. The molecule has 1 atom stereocenters. The maximum atomic E-state index is 12.0. The van der Waals surface area contributed by atoms with E-state index in [2.05, 4.69) is 5.32 Å². The summed E-state index contributed by atoms with van der Waals surface area (Å²) in [6, 6.07) is 15.4. The molecule has 0 saturated heterocycles. The van der Waals surface area contributed by atoms with Crippen molar-refractivity contribution in [1.82, 2.24) is 5.32 Å². The fourth-order valence-corrected chi connectivity index (χ4v) is 2.41. The molecular formula is C17H17Cl2NO. The Morgan fingerprint density at radius 1 is 1.10 bits per heavy atom. The van der Waals surface area contributed by atoms with Crippen LogP contribution in [0, 0.1) is 0 Å². The Balaban J connectivity index is 1.86. The minimum atomic E-state index is 0.00695. The number of rotatable bonds is 5. The largest absolute Gasteiger partial charge is 0.350 e. The normalized spacial score (nSPS) is 12.0. The molecule has 0 radical (unpaired) electrons. The van der Waals surface area contributed by atoms with E-state index in [0.717, 1.165) is 11.1 Å². The maximum absolute atomic E-state index is 12.0. The standard InChI is InChI=1S/C17H17Cl2NO/c1-12(14-5-3-2-4-6-14)20-17(21)10-8-13-7-9-15(18)16(19)11-13/h2-7,9,11-12H,8,10H2,1H3,(H,20,21). The molecule has 1 amide bonds. The lowest BCUT2D eigenvalue weighted by molar-refractivity contribution is -0.121. The van der Waals surface area contributed by atoms with Crippen molar-refractivity contribution >= 4 is 29.1 Å². The number of benzene rings is 2. The fraction of sp³-hybridized carbons (Fsp3) is 0.235. The van der Waals surface area contributed by atoms with Crippen molar-refractivity contribution in [2.45, 2.75) is 25.8 Å². The van der Waals surface area contributed by atoms with Crippen molar-refractivity contribution in [3.8, 4) is 0 Å². The average Bonchev–Trinajstić information content (AvgIpc) is 2.49. The van der Waals surface area contributed by atoms with Crippen LogP contribution in [0.2, 0.25) is 10.0 Å². The summed E-state index contributed by atoms with van der Waals surface area (Å²) < 4.78 is 0. The van der Waals surface area contributed by atoms with Gasteiger partial charge in [0.2, 0.25) is 5.91 Å². The first-order chi connectivity index (χ1) is 10.1. The zero-order chi connectivity index (χ0) is 15.2. The molecule has 1 N–H and O–H groups in total. The summed E-state index contributed by atoms with van der Waals surface area (Å²) in [5.41, 5.74) is 2.10. The van der Waals surface area contributed by atoms with Gasteiger partial charge in [-0.15, -0.1) is 0 Å². The number of amides is 1. The second-order valence-corrected chi connectivity index (χ2v) is 5.76. The third-order valence-electron chi connectivity index (χ3n) is 3.30. The van der Waals surface area contributed by atoms with Gasteiger partial charge in [0, 0.05) is 6.42 Å². The molecule has 2 nitrogen and oxygen atoms in total. The van der Waals surface area contributed by atoms with E-state index in [0.29, 0.717) is 22.9 Å². The van der Waals surface area contributed by atoms with Gasteiger partial charge >= 0.3 is 0 Å². The Labute approximate surface area is 135 Å². The van der Waals surface area contributed by atoms with Gasteiger partial charge in [0.05, 0.1) is 16.1 Å². The summed E-state index contributed by atoms with van der Waals surface area (Å²) in [5, 5.41) is 4.05. The van der Waals surface area contributed by atoms with Crippen LogP contribution in [0.15, 0.2) is 48.5 Å². The summed E-state index contributed by atoms with van der Waals surface area (Å²) in [5.74, 6) is 0.0254. The van der Waals surface area contributed by atoms with E-state index in [9.17, 15) is 4.79 Å². The molecule has 21 heavy (non-hydrogen) atoms. The first kappa shape index (κ1) is 15.9. The van der Waals surface area contributed by atoms with E-state index < -0.39 is 0 Å². The summed E-state index contributed by atoms with van der Waals surface area (Å²) in [7, 11) is 0. The Morgan fingerprint density at radius 2 is 1.81 bits per heavy atom.